The first-order chi connectivity index (χ1) is 16.3. The molecule has 0 saturated carbocycles. The van der Waals surface area contributed by atoms with Crippen LogP contribution in [0, 0.1) is 6.92 Å². The molecular weight excluding hydrogens is 458 g/mol. The molecule has 9 nitrogen and oxygen atoms in total. The molecular formula is C24H25N3O6S. The molecule has 3 rings (SSSR count). The SMILES string of the molecule is Cc1ccc(CNC(=O)c2ccccc2NC(=O)CNCc2cccs2)cc1.O=C(O)C(=O)O. The van der Waals surface area contributed by atoms with Crippen molar-refractivity contribution < 1.29 is 29.4 Å². The summed E-state index contributed by atoms with van der Waals surface area (Å²) in [5.74, 6) is -4.05. The largest absolute Gasteiger partial charge is 0.473 e. The fraction of sp³-hybridized carbons (Fsp3) is 0.167. The summed E-state index contributed by atoms with van der Waals surface area (Å²) < 4.78 is 0. The van der Waals surface area contributed by atoms with E-state index in [0.29, 0.717) is 24.3 Å². The number of rotatable bonds is 8. The van der Waals surface area contributed by atoms with Gasteiger partial charge in [0, 0.05) is 18.0 Å². The minimum absolute atomic E-state index is 0.178. The number of hydrogen-bond donors (Lipinski definition) is 5. The number of thiophene rings is 1. The molecule has 0 bridgehead atoms. The Bertz CT molecular complexity index is 1100. The normalized spacial score (nSPS) is 9.91. The molecule has 0 spiro atoms. The van der Waals surface area contributed by atoms with Crippen LogP contribution in [0.15, 0.2) is 66.0 Å². The maximum Gasteiger partial charge on any atom is 0.414 e. The van der Waals surface area contributed by atoms with Gasteiger partial charge in [0.25, 0.3) is 5.91 Å². The van der Waals surface area contributed by atoms with E-state index in [4.69, 9.17) is 19.8 Å². The Morgan fingerprint density at radius 3 is 2.15 bits per heavy atom. The first-order valence-corrected chi connectivity index (χ1v) is 11.1. The average Bonchev–Trinajstić information content (AvgIpc) is 3.33. The number of carboxylic acid groups (broad SMARTS) is 2. The first-order valence-electron chi connectivity index (χ1n) is 10.2. The predicted molar refractivity (Wildman–Crippen MR) is 129 cm³/mol. The lowest BCUT2D eigenvalue weighted by Gasteiger charge is -2.12. The summed E-state index contributed by atoms with van der Waals surface area (Å²) in [6.07, 6.45) is 0. The number of carboxylic acids is 2. The lowest BCUT2D eigenvalue weighted by molar-refractivity contribution is -0.159. The molecule has 0 aliphatic rings. The van der Waals surface area contributed by atoms with Crippen molar-refractivity contribution in [1.82, 2.24) is 10.6 Å². The van der Waals surface area contributed by atoms with Crippen LogP contribution in [0.1, 0.15) is 26.4 Å². The lowest BCUT2D eigenvalue weighted by atomic mass is 10.1. The molecule has 1 aromatic heterocycles. The van der Waals surface area contributed by atoms with Gasteiger partial charge in [-0.05, 0) is 36.1 Å². The van der Waals surface area contributed by atoms with E-state index in [9.17, 15) is 9.59 Å². The summed E-state index contributed by atoms with van der Waals surface area (Å²) in [5.41, 5.74) is 3.15. The highest BCUT2D eigenvalue weighted by molar-refractivity contribution is 7.09. The van der Waals surface area contributed by atoms with Crippen LogP contribution in [0.4, 0.5) is 5.69 Å². The summed E-state index contributed by atoms with van der Waals surface area (Å²) >= 11 is 1.64. The topological polar surface area (TPSA) is 145 Å². The van der Waals surface area contributed by atoms with Crippen LogP contribution < -0.4 is 16.0 Å². The number of carbonyl (C=O) groups is 4. The third-order valence-corrected chi connectivity index (χ3v) is 5.24. The van der Waals surface area contributed by atoms with Gasteiger partial charge >= 0.3 is 11.9 Å². The summed E-state index contributed by atoms with van der Waals surface area (Å²) in [7, 11) is 0. The van der Waals surface area contributed by atoms with E-state index in [2.05, 4.69) is 16.0 Å². The first kappa shape index (κ1) is 26.2. The van der Waals surface area contributed by atoms with Gasteiger partial charge in [0.1, 0.15) is 0 Å². The van der Waals surface area contributed by atoms with Gasteiger partial charge in [-0.25, -0.2) is 9.59 Å². The molecule has 2 aromatic carbocycles. The van der Waals surface area contributed by atoms with Crippen molar-refractivity contribution in [1.29, 1.82) is 0 Å². The second-order valence-corrected chi connectivity index (χ2v) is 8.09. The van der Waals surface area contributed by atoms with Gasteiger partial charge in [-0.3, -0.25) is 9.59 Å². The van der Waals surface area contributed by atoms with Crippen molar-refractivity contribution in [3.05, 3.63) is 87.6 Å². The molecule has 0 aliphatic heterocycles. The summed E-state index contributed by atoms with van der Waals surface area (Å²) in [5, 5.41) is 25.6. The number of amides is 2. The molecule has 3 aromatic rings. The van der Waals surface area contributed by atoms with Crippen LogP contribution in [0.2, 0.25) is 0 Å². The number of aliphatic carboxylic acids is 2. The standard InChI is InChI=1S/C22H23N3O2S.C2H2O4/c1-16-8-10-17(11-9-16)13-24-22(27)19-6-2-3-7-20(19)25-21(26)15-23-14-18-5-4-12-28-18;3-1(4)2(5)6/h2-12,23H,13-15H2,1H3,(H,24,27)(H,25,26);(H,3,4)(H,5,6). The van der Waals surface area contributed by atoms with Crippen molar-refractivity contribution in [2.75, 3.05) is 11.9 Å². The number of aryl methyl sites for hydroxylation is 1. The Balaban J connectivity index is 0.000000604. The predicted octanol–water partition coefficient (Wildman–Crippen LogP) is 2.87. The Labute approximate surface area is 200 Å². The molecule has 0 aliphatic carbocycles. The lowest BCUT2D eigenvalue weighted by Crippen LogP contribution is -2.29. The number of carbonyl (C=O) groups excluding carboxylic acids is 2. The van der Waals surface area contributed by atoms with Crippen molar-refractivity contribution in [2.24, 2.45) is 0 Å². The van der Waals surface area contributed by atoms with Crippen molar-refractivity contribution >= 4 is 40.8 Å². The monoisotopic (exact) mass is 483 g/mol. The highest BCUT2D eigenvalue weighted by atomic mass is 32.1. The zero-order valence-corrected chi connectivity index (χ0v) is 19.2. The van der Waals surface area contributed by atoms with E-state index < -0.39 is 11.9 Å². The van der Waals surface area contributed by atoms with E-state index in [1.54, 1.807) is 35.6 Å². The Morgan fingerprint density at radius 2 is 1.53 bits per heavy atom. The van der Waals surface area contributed by atoms with Crippen LogP contribution in [0.25, 0.3) is 0 Å². The van der Waals surface area contributed by atoms with E-state index >= 15 is 0 Å². The Hall–Kier alpha value is -4.02. The molecule has 5 N–H and O–H groups in total. The van der Waals surface area contributed by atoms with Gasteiger partial charge in [-0.2, -0.15) is 0 Å². The van der Waals surface area contributed by atoms with Gasteiger partial charge in [0.2, 0.25) is 5.91 Å². The van der Waals surface area contributed by atoms with Crippen molar-refractivity contribution in [3.8, 4) is 0 Å². The van der Waals surface area contributed by atoms with Crippen LogP contribution in [-0.2, 0) is 27.5 Å². The molecule has 1 heterocycles. The number of benzene rings is 2. The molecule has 0 atom stereocenters. The second-order valence-electron chi connectivity index (χ2n) is 7.06. The van der Waals surface area contributed by atoms with Crippen molar-refractivity contribution in [2.45, 2.75) is 20.0 Å². The number of hydrogen-bond acceptors (Lipinski definition) is 6. The number of anilines is 1. The molecule has 34 heavy (non-hydrogen) atoms. The van der Waals surface area contributed by atoms with E-state index in [-0.39, 0.29) is 18.4 Å². The zero-order valence-electron chi connectivity index (χ0n) is 18.4. The third kappa shape index (κ3) is 9.23. The van der Waals surface area contributed by atoms with Crippen LogP contribution in [0.3, 0.4) is 0 Å². The summed E-state index contributed by atoms with van der Waals surface area (Å²) in [6, 6.07) is 19.0. The minimum atomic E-state index is -1.82. The molecule has 2 amide bonds. The van der Waals surface area contributed by atoms with Crippen LogP contribution in [0.5, 0.6) is 0 Å². The quantitative estimate of drug-likeness (QED) is 0.310. The summed E-state index contributed by atoms with van der Waals surface area (Å²) in [4.78, 5) is 44.2. The number of para-hydroxylation sites is 1. The van der Waals surface area contributed by atoms with Gasteiger partial charge in [-0.1, -0.05) is 48.0 Å². The highest BCUT2D eigenvalue weighted by Gasteiger charge is 2.13. The molecule has 0 radical (unpaired) electrons. The fourth-order valence-electron chi connectivity index (χ4n) is 2.68. The van der Waals surface area contributed by atoms with Gasteiger partial charge in [0.05, 0.1) is 17.8 Å². The van der Waals surface area contributed by atoms with E-state index in [0.717, 1.165) is 5.56 Å². The Kier molecular flexibility index (Phi) is 10.4. The van der Waals surface area contributed by atoms with Crippen molar-refractivity contribution in [3.63, 3.8) is 0 Å². The molecule has 0 saturated heterocycles. The maximum atomic E-state index is 12.6. The molecule has 178 valence electrons. The van der Waals surface area contributed by atoms with Crippen LogP contribution in [-0.4, -0.2) is 40.5 Å². The number of nitrogens with one attached hydrogen (secondary N) is 3. The summed E-state index contributed by atoms with van der Waals surface area (Å²) in [6.45, 7) is 3.28. The van der Waals surface area contributed by atoms with Gasteiger partial charge in [0.15, 0.2) is 0 Å². The van der Waals surface area contributed by atoms with Gasteiger partial charge in [-0.15, -0.1) is 11.3 Å². The Morgan fingerprint density at radius 1 is 0.853 bits per heavy atom. The molecule has 0 unspecified atom stereocenters. The second kappa shape index (κ2) is 13.5. The average molecular weight is 484 g/mol. The minimum Gasteiger partial charge on any atom is -0.473 e. The maximum absolute atomic E-state index is 12.6. The van der Waals surface area contributed by atoms with Gasteiger partial charge < -0.3 is 26.2 Å². The zero-order chi connectivity index (χ0) is 24.9. The molecule has 10 heteroatoms. The molecule has 0 fully saturated rings. The third-order valence-electron chi connectivity index (χ3n) is 4.37. The van der Waals surface area contributed by atoms with E-state index in [1.807, 2.05) is 48.7 Å². The van der Waals surface area contributed by atoms with E-state index in [1.165, 1.54) is 10.4 Å². The fourth-order valence-corrected chi connectivity index (χ4v) is 3.35. The van der Waals surface area contributed by atoms with Crippen LogP contribution >= 0.6 is 11.3 Å². The highest BCUT2D eigenvalue weighted by Crippen LogP contribution is 2.15. The smallest absolute Gasteiger partial charge is 0.414 e.